The van der Waals surface area contributed by atoms with E-state index < -0.39 is 0 Å². The molecule has 14 heavy (non-hydrogen) atoms. The number of hydrogen-bond donors (Lipinski definition) is 2. The SMILES string of the molecule is CCOc1ncnc(NN(C)C)c1N. The monoisotopic (exact) mass is 197 g/mol. The van der Waals surface area contributed by atoms with Gasteiger partial charge in [0, 0.05) is 14.1 Å². The molecule has 0 saturated carbocycles. The van der Waals surface area contributed by atoms with Crippen molar-refractivity contribution in [3.63, 3.8) is 0 Å². The molecule has 0 aliphatic carbocycles. The molecule has 0 unspecified atom stereocenters. The van der Waals surface area contributed by atoms with Crippen LogP contribution in [-0.2, 0) is 0 Å². The molecule has 78 valence electrons. The zero-order valence-corrected chi connectivity index (χ0v) is 8.61. The lowest BCUT2D eigenvalue weighted by atomic mass is 10.5. The number of hydrogen-bond acceptors (Lipinski definition) is 6. The third kappa shape index (κ3) is 2.46. The molecule has 1 aromatic heterocycles. The van der Waals surface area contributed by atoms with Gasteiger partial charge < -0.3 is 15.9 Å². The highest BCUT2D eigenvalue weighted by Gasteiger charge is 2.08. The maximum Gasteiger partial charge on any atom is 0.242 e. The normalized spacial score (nSPS) is 10.3. The van der Waals surface area contributed by atoms with Crippen LogP contribution in [0.25, 0.3) is 0 Å². The van der Waals surface area contributed by atoms with Crippen LogP contribution in [0.2, 0.25) is 0 Å². The Morgan fingerprint density at radius 1 is 1.50 bits per heavy atom. The first-order valence-corrected chi connectivity index (χ1v) is 4.32. The van der Waals surface area contributed by atoms with E-state index in [1.165, 1.54) is 6.33 Å². The summed E-state index contributed by atoms with van der Waals surface area (Å²) in [7, 11) is 3.70. The summed E-state index contributed by atoms with van der Waals surface area (Å²) in [6.45, 7) is 2.41. The van der Waals surface area contributed by atoms with Crippen molar-refractivity contribution in [3.05, 3.63) is 6.33 Å². The van der Waals surface area contributed by atoms with Gasteiger partial charge in [-0.1, -0.05) is 0 Å². The number of ether oxygens (including phenoxy) is 1. The van der Waals surface area contributed by atoms with Gasteiger partial charge in [-0.05, 0) is 6.92 Å². The van der Waals surface area contributed by atoms with Gasteiger partial charge in [-0.15, -0.1) is 0 Å². The van der Waals surface area contributed by atoms with Gasteiger partial charge in [0.05, 0.1) is 6.61 Å². The van der Waals surface area contributed by atoms with Crippen molar-refractivity contribution in [1.82, 2.24) is 15.0 Å². The van der Waals surface area contributed by atoms with Crippen LogP contribution >= 0.6 is 0 Å². The quantitative estimate of drug-likeness (QED) is 0.678. The Morgan fingerprint density at radius 2 is 2.21 bits per heavy atom. The molecule has 0 fully saturated rings. The number of nitrogens with two attached hydrogens (primary N) is 1. The molecular formula is C8H15N5O. The van der Waals surface area contributed by atoms with Gasteiger partial charge in [0.1, 0.15) is 12.0 Å². The van der Waals surface area contributed by atoms with Crippen LogP contribution in [0.4, 0.5) is 11.5 Å². The van der Waals surface area contributed by atoms with E-state index in [9.17, 15) is 0 Å². The smallest absolute Gasteiger partial charge is 0.242 e. The Hall–Kier alpha value is -1.56. The van der Waals surface area contributed by atoms with Crippen molar-refractivity contribution in [3.8, 4) is 5.88 Å². The molecule has 0 aliphatic heterocycles. The summed E-state index contributed by atoms with van der Waals surface area (Å²) in [5.74, 6) is 0.959. The number of nitrogen functional groups attached to an aromatic ring is 1. The molecule has 0 spiro atoms. The second-order valence-corrected chi connectivity index (χ2v) is 2.88. The molecule has 1 aromatic rings. The summed E-state index contributed by atoms with van der Waals surface area (Å²) in [5, 5.41) is 1.74. The second-order valence-electron chi connectivity index (χ2n) is 2.88. The molecule has 0 aromatic carbocycles. The molecule has 1 heterocycles. The van der Waals surface area contributed by atoms with E-state index in [4.69, 9.17) is 10.5 Å². The number of nitrogens with one attached hydrogen (secondary N) is 1. The van der Waals surface area contributed by atoms with Gasteiger partial charge in [-0.25, -0.2) is 9.99 Å². The molecule has 6 heteroatoms. The third-order valence-corrected chi connectivity index (χ3v) is 1.46. The van der Waals surface area contributed by atoms with E-state index in [0.29, 0.717) is 24.0 Å². The third-order valence-electron chi connectivity index (χ3n) is 1.46. The first-order chi connectivity index (χ1) is 6.65. The van der Waals surface area contributed by atoms with Gasteiger partial charge in [0.2, 0.25) is 5.88 Å². The molecular weight excluding hydrogens is 182 g/mol. The van der Waals surface area contributed by atoms with E-state index in [1.807, 2.05) is 21.0 Å². The Bertz CT molecular complexity index is 302. The Labute approximate surface area is 83.1 Å². The van der Waals surface area contributed by atoms with Crippen molar-refractivity contribution in [1.29, 1.82) is 0 Å². The molecule has 0 amide bonds. The molecule has 3 N–H and O–H groups in total. The van der Waals surface area contributed by atoms with Gasteiger partial charge in [-0.2, -0.15) is 4.98 Å². The van der Waals surface area contributed by atoms with E-state index >= 15 is 0 Å². The summed E-state index contributed by atoms with van der Waals surface area (Å²) in [4.78, 5) is 7.91. The first-order valence-electron chi connectivity index (χ1n) is 4.32. The minimum atomic E-state index is 0.409. The molecule has 0 radical (unpaired) electrons. The van der Waals surface area contributed by atoms with E-state index in [2.05, 4.69) is 15.4 Å². The molecule has 0 aliphatic rings. The van der Waals surface area contributed by atoms with Crippen LogP contribution < -0.4 is 15.9 Å². The average molecular weight is 197 g/mol. The highest BCUT2D eigenvalue weighted by molar-refractivity contribution is 5.65. The van der Waals surface area contributed by atoms with Gasteiger partial charge in [0.15, 0.2) is 5.82 Å². The first kappa shape index (κ1) is 10.5. The van der Waals surface area contributed by atoms with Crippen LogP contribution in [0.3, 0.4) is 0 Å². The zero-order valence-electron chi connectivity index (χ0n) is 8.61. The van der Waals surface area contributed by atoms with Crippen molar-refractivity contribution in [2.45, 2.75) is 6.92 Å². The summed E-state index contributed by atoms with van der Waals surface area (Å²) < 4.78 is 5.22. The minimum absolute atomic E-state index is 0.409. The van der Waals surface area contributed by atoms with Crippen LogP contribution in [-0.4, -0.2) is 35.7 Å². The van der Waals surface area contributed by atoms with Crippen LogP contribution in [0, 0.1) is 0 Å². The Balaban J connectivity index is 2.89. The summed E-state index contributed by atoms with van der Waals surface area (Å²) in [6, 6.07) is 0. The largest absolute Gasteiger partial charge is 0.476 e. The number of nitrogens with zero attached hydrogens (tertiary/aromatic N) is 3. The van der Waals surface area contributed by atoms with Crippen LogP contribution in [0.1, 0.15) is 6.92 Å². The van der Waals surface area contributed by atoms with Gasteiger partial charge in [0.25, 0.3) is 0 Å². The highest BCUT2D eigenvalue weighted by atomic mass is 16.5. The molecule has 1 rings (SSSR count). The number of rotatable bonds is 4. The summed E-state index contributed by atoms with van der Waals surface area (Å²) >= 11 is 0. The topological polar surface area (TPSA) is 76.3 Å². The number of hydrazine groups is 1. The Morgan fingerprint density at radius 3 is 2.79 bits per heavy atom. The summed E-state index contributed by atoms with van der Waals surface area (Å²) in [5.41, 5.74) is 9.15. The molecule has 0 bridgehead atoms. The predicted octanol–water partition coefficient (Wildman–Crippen LogP) is 0.346. The van der Waals surface area contributed by atoms with Gasteiger partial charge in [-0.3, -0.25) is 0 Å². The van der Waals surface area contributed by atoms with E-state index in [-0.39, 0.29) is 0 Å². The Kier molecular flexibility index (Phi) is 3.47. The van der Waals surface area contributed by atoms with Crippen LogP contribution in [0.5, 0.6) is 5.88 Å². The fraction of sp³-hybridized carbons (Fsp3) is 0.500. The van der Waals surface area contributed by atoms with Crippen LogP contribution in [0.15, 0.2) is 6.33 Å². The fourth-order valence-electron chi connectivity index (χ4n) is 0.932. The molecule has 0 saturated heterocycles. The lowest BCUT2D eigenvalue weighted by molar-refractivity contribution is 0.328. The zero-order chi connectivity index (χ0) is 10.6. The lowest BCUT2D eigenvalue weighted by Crippen LogP contribution is -2.21. The number of anilines is 2. The highest BCUT2D eigenvalue weighted by Crippen LogP contribution is 2.24. The fourth-order valence-corrected chi connectivity index (χ4v) is 0.932. The van der Waals surface area contributed by atoms with Gasteiger partial charge >= 0.3 is 0 Å². The number of aromatic nitrogens is 2. The van der Waals surface area contributed by atoms with Crippen molar-refractivity contribution in [2.75, 3.05) is 31.9 Å². The standard InChI is InChI=1S/C8H15N5O/c1-4-14-8-6(9)7(10-5-11-8)12-13(2)3/h5H,4,9H2,1-3H3,(H,10,11,12). The predicted molar refractivity (Wildman–Crippen MR) is 54.9 cm³/mol. The van der Waals surface area contributed by atoms with E-state index in [0.717, 1.165) is 0 Å². The maximum absolute atomic E-state index is 5.78. The summed E-state index contributed by atoms with van der Waals surface area (Å²) in [6.07, 6.45) is 1.41. The van der Waals surface area contributed by atoms with Crippen molar-refractivity contribution < 1.29 is 4.74 Å². The minimum Gasteiger partial charge on any atom is -0.476 e. The van der Waals surface area contributed by atoms with Crippen molar-refractivity contribution in [2.24, 2.45) is 0 Å². The lowest BCUT2D eigenvalue weighted by Gasteiger charge is -2.15. The average Bonchev–Trinajstić information content (AvgIpc) is 2.11. The maximum atomic E-state index is 5.78. The second kappa shape index (κ2) is 4.61. The molecule has 6 nitrogen and oxygen atoms in total. The van der Waals surface area contributed by atoms with E-state index in [1.54, 1.807) is 5.01 Å². The molecule has 0 atom stereocenters. The van der Waals surface area contributed by atoms with Crippen molar-refractivity contribution >= 4 is 11.5 Å².